The Morgan fingerprint density at radius 1 is 0.455 bits per heavy atom. The van der Waals surface area contributed by atoms with Gasteiger partial charge in [-0.1, -0.05) is 221 Å². The van der Waals surface area contributed by atoms with E-state index < -0.39 is 0 Å². The molecule has 3 heterocycles. The Morgan fingerprint density at radius 3 is 1.70 bits per heavy atom. The molecule has 11 aromatic carbocycles. The van der Waals surface area contributed by atoms with Gasteiger partial charge in [-0.25, -0.2) is 15.0 Å². The number of hydrogen-bond donors (Lipinski definition) is 0. The van der Waals surface area contributed by atoms with Crippen LogP contribution in [0.15, 0.2) is 229 Å². The number of para-hydroxylation sites is 3. The average Bonchev–Trinajstić information content (AvgIpc) is 4.08. The molecule has 0 aliphatic rings. The smallest absolute Gasteiger partial charge is 0.164 e. The van der Waals surface area contributed by atoms with E-state index in [2.05, 4.69) is 239 Å². The van der Waals surface area contributed by atoms with Crippen molar-refractivity contribution in [1.82, 2.24) is 19.5 Å². The van der Waals surface area contributed by atoms with Crippen LogP contribution in [0.4, 0.5) is 0 Å². The summed E-state index contributed by atoms with van der Waals surface area (Å²) >= 11 is 0. The summed E-state index contributed by atoms with van der Waals surface area (Å²) < 4.78 is 8.96. The molecule has 0 aliphatic heterocycles. The summed E-state index contributed by atoms with van der Waals surface area (Å²) in [5, 5.41) is 12.0. The second-order valence-corrected chi connectivity index (χ2v) is 20.7. The second kappa shape index (κ2) is 18.7. The summed E-state index contributed by atoms with van der Waals surface area (Å²) in [4.78, 5) is 16.1. The summed E-state index contributed by atoms with van der Waals surface area (Å²) in [7, 11) is 0. The monoisotopic (exact) mass is 990 g/mol. The van der Waals surface area contributed by atoms with Crippen LogP contribution in [0.25, 0.3) is 138 Å². The molecule has 14 rings (SSSR count). The van der Waals surface area contributed by atoms with E-state index in [-0.39, 0.29) is 5.92 Å². The number of rotatable bonds is 10. The molecule has 0 saturated carbocycles. The minimum Gasteiger partial charge on any atom is -0.456 e. The quantitative estimate of drug-likeness (QED) is 0.128. The maximum atomic E-state index is 6.46. The van der Waals surface area contributed by atoms with E-state index in [1.54, 1.807) is 0 Å². The van der Waals surface area contributed by atoms with Crippen LogP contribution in [0, 0.1) is 18.8 Å². The Labute approximate surface area is 447 Å². The number of aryl methyl sites for hydroxylation is 1. The zero-order valence-corrected chi connectivity index (χ0v) is 43.5. The molecular formula is C72H54N4O. The van der Waals surface area contributed by atoms with Crippen molar-refractivity contribution in [2.75, 3.05) is 0 Å². The van der Waals surface area contributed by atoms with Crippen LogP contribution in [0.5, 0.6) is 0 Å². The Kier molecular flexibility index (Phi) is 11.2. The van der Waals surface area contributed by atoms with Crippen LogP contribution in [-0.2, 0) is 0 Å². The summed E-state index contributed by atoms with van der Waals surface area (Å²) in [5.41, 5.74) is 15.1. The first-order valence-corrected chi connectivity index (χ1v) is 26.9. The zero-order valence-electron chi connectivity index (χ0n) is 43.5. The number of furan rings is 1. The molecule has 0 bridgehead atoms. The molecule has 0 aliphatic carbocycles. The fraction of sp³-hybridized carbons (Fsp3) is 0.0972. The van der Waals surface area contributed by atoms with Crippen LogP contribution in [-0.4, -0.2) is 19.5 Å². The van der Waals surface area contributed by atoms with Crippen molar-refractivity contribution in [2.45, 2.75) is 34.1 Å². The number of aromatic nitrogens is 4. The lowest BCUT2D eigenvalue weighted by Gasteiger charge is -2.26. The molecule has 5 heteroatoms. The minimum absolute atomic E-state index is 0.157. The lowest BCUT2D eigenvalue weighted by Crippen LogP contribution is -2.12. The highest BCUT2D eigenvalue weighted by Crippen LogP contribution is 2.47. The van der Waals surface area contributed by atoms with Gasteiger partial charge in [-0.15, -0.1) is 0 Å². The predicted octanol–water partition coefficient (Wildman–Crippen LogP) is 19.5. The van der Waals surface area contributed by atoms with Gasteiger partial charge in [0.1, 0.15) is 11.2 Å². The molecular weight excluding hydrogens is 937 g/mol. The second-order valence-electron chi connectivity index (χ2n) is 20.7. The normalized spacial score (nSPS) is 13.0. The van der Waals surface area contributed by atoms with Crippen LogP contribution in [0.3, 0.4) is 0 Å². The van der Waals surface area contributed by atoms with Gasteiger partial charge in [-0.05, 0) is 115 Å². The van der Waals surface area contributed by atoms with Gasteiger partial charge in [0.25, 0.3) is 0 Å². The van der Waals surface area contributed by atoms with E-state index >= 15 is 0 Å². The van der Waals surface area contributed by atoms with Crippen molar-refractivity contribution in [1.29, 1.82) is 0 Å². The lowest BCUT2D eigenvalue weighted by molar-refractivity contribution is 0.458. The summed E-state index contributed by atoms with van der Waals surface area (Å²) in [6.07, 6.45) is 3.26. The highest BCUT2D eigenvalue weighted by Gasteiger charge is 2.26. The van der Waals surface area contributed by atoms with E-state index in [1.165, 1.54) is 59.8 Å². The van der Waals surface area contributed by atoms with Crippen LogP contribution < -0.4 is 0 Å². The van der Waals surface area contributed by atoms with Gasteiger partial charge < -0.3 is 8.98 Å². The highest BCUT2D eigenvalue weighted by molar-refractivity contribution is 6.29. The number of nitrogens with zero attached hydrogens (tertiary/aromatic N) is 4. The third-order valence-electron chi connectivity index (χ3n) is 16.3. The van der Waals surface area contributed by atoms with Gasteiger partial charge in [0.05, 0.1) is 16.7 Å². The van der Waals surface area contributed by atoms with Gasteiger partial charge in [-0.3, -0.25) is 0 Å². The molecule has 0 N–H and O–H groups in total. The van der Waals surface area contributed by atoms with Gasteiger partial charge in [0, 0.05) is 43.6 Å². The Hall–Kier alpha value is -9.45. The van der Waals surface area contributed by atoms with Crippen molar-refractivity contribution in [3.05, 3.63) is 241 Å². The molecule has 5 nitrogen and oxygen atoms in total. The van der Waals surface area contributed by atoms with E-state index in [0.717, 1.165) is 78.5 Å². The Balaban J connectivity index is 1.01. The first kappa shape index (κ1) is 46.1. The molecule has 0 spiro atoms. The highest BCUT2D eigenvalue weighted by atomic mass is 16.3. The molecule has 77 heavy (non-hydrogen) atoms. The van der Waals surface area contributed by atoms with E-state index in [1.807, 2.05) is 24.3 Å². The van der Waals surface area contributed by atoms with Crippen molar-refractivity contribution in [3.8, 4) is 50.7 Å². The number of fused-ring (bicyclic) bond motifs is 12. The first-order valence-electron chi connectivity index (χ1n) is 26.9. The zero-order chi connectivity index (χ0) is 51.7. The molecule has 2 atom stereocenters. The fourth-order valence-corrected chi connectivity index (χ4v) is 12.2. The largest absolute Gasteiger partial charge is 0.456 e. The summed E-state index contributed by atoms with van der Waals surface area (Å²) in [6, 6.07) is 80.6. The van der Waals surface area contributed by atoms with Gasteiger partial charge in [-0.2, -0.15) is 0 Å². The number of hydrogen-bond acceptors (Lipinski definition) is 4. The number of benzene rings is 11. The molecule has 0 saturated heterocycles. The third-order valence-corrected chi connectivity index (χ3v) is 16.3. The fourth-order valence-electron chi connectivity index (χ4n) is 12.2. The number of allylic oxidation sites excluding steroid dienone is 1. The van der Waals surface area contributed by atoms with Crippen LogP contribution in [0.2, 0.25) is 0 Å². The molecule has 0 amide bonds. The van der Waals surface area contributed by atoms with Crippen molar-refractivity contribution in [3.63, 3.8) is 0 Å². The van der Waals surface area contributed by atoms with Crippen molar-refractivity contribution < 1.29 is 4.42 Å². The predicted molar refractivity (Wildman–Crippen MR) is 323 cm³/mol. The van der Waals surface area contributed by atoms with Crippen molar-refractivity contribution in [2.24, 2.45) is 11.8 Å². The maximum absolute atomic E-state index is 6.46. The SMILES string of the molecule is CC[C@H](C)C(C)/C(=C/c1nc(-c2ccccc2)nc(-c2cccc(-c3ccc4c5ccccc5c5ccccc5c4c3-n3c4ccccc4c4ccccc43)c2)n1)c1c(C)cccc1-c1cccc2oc3ccccc3c12. The van der Waals surface area contributed by atoms with Crippen LogP contribution in [0.1, 0.15) is 44.1 Å². The molecule has 14 aromatic rings. The Morgan fingerprint density at radius 2 is 0.987 bits per heavy atom. The topological polar surface area (TPSA) is 56.7 Å². The minimum atomic E-state index is 0.157. The third kappa shape index (κ3) is 7.64. The van der Waals surface area contributed by atoms with Gasteiger partial charge >= 0.3 is 0 Å². The summed E-state index contributed by atoms with van der Waals surface area (Å²) in [6.45, 7) is 9.23. The average molecular weight is 991 g/mol. The van der Waals surface area contributed by atoms with Crippen molar-refractivity contribution >= 4 is 87.7 Å². The molecule has 1 unspecified atom stereocenters. The van der Waals surface area contributed by atoms with E-state index in [0.29, 0.717) is 23.4 Å². The van der Waals surface area contributed by atoms with Crippen LogP contribution >= 0.6 is 0 Å². The summed E-state index contributed by atoms with van der Waals surface area (Å²) in [5.74, 6) is 2.37. The standard InChI is InChI=1S/C72H54N4O/c1-5-44(2)46(4)61(67-45(3)22-19-34-57(67)58-35-21-39-65-68(58)60-33-15-18-38-64(60)77-65)43-66-73-71(47-23-7-6-8-24-47)75-72(74-66)49-26-20-25-48(42-49)50-40-41-59-53-29-10-9-27-51(53)52-28-11-12-32-56(52)69(59)70(50)76-62-36-16-13-30-54(62)55-31-14-17-37-63(55)76/h6-44,46H,5H2,1-4H3/b61-43-/t44-,46?/m0/s1. The molecule has 0 radical (unpaired) electrons. The lowest BCUT2D eigenvalue weighted by atomic mass is 9.79. The maximum Gasteiger partial charge on any atom is 0.164 e. The first-order chi connectivity index (χ1) is 37.9. The van der Waals surface area contributed by atoms with E-state index in [4.69, 9.17) is 19.4 Å². The van der Waals surface area contributed by atoms with Gasteiger partial charge in [0.15, 0.2) is 17.5 Å². The molecule has 368 valence electrons. The molecule has 3 aromatic heterocycles. The molecule has 0 fully saturated rings. The Bertz CT molecular complexity index is 4590. The van der Waals surface area contributed by atoms with E-state index in [9.17, 15) is 0 Å². The van der Waals surface area contributed by atoms with Gasteiger partial charge in [0.2, 0.25) is 0 Å².